The Morgan fingerprint density at radius 3 is 2.12 bits per heavy atom. The molecule has 1 aromatic heterocycles. The summed E-state index contributed by atoms with van der Waals surface area (Å²) in [7, 11) is 0. The lowest BCUT2D eigenvalue weighted by molar-refractivity contribution is -0.114. The number of carbonyl (C=O) groups excluding carboxylic acids is 1. The third kappa shape index (κ3) is 4.57. The van der Waals surface area contributed by atoms with Crippen molar-refractivity contribution in [1.82, 2.24) is 9.97 Å². The van der Waals surface area contributed by atoms with E-state index in [2.05, 4.69) is 51.9 Å². The molecule has 0 spiro atoms. The summed E-state index contributed by atoms with van der Waals surface area (Å²) in [4.78, 5) is 19.7. The summed E-state index contributed by atoms with van der Waals surface area (Å²) in [6.45, 7) is 5.64. The van der Waals surface area contributed by atoms with Crippen molar-refractivity contribution in [1.29, 1.82) is 0 Å². The van der Waals surface area contributed by atoms with E-state index in [9.17, 15) is 4.79 Å². The number of amides is 1. The molecule has 0 unspecified atom stereocenters. The normalized spacial score (nSPS) is 10.3. The van der Waals surface area contributed by atoms with Crippen molar-refractivity contribution >= 4 is 34.6 Å². The first-order chi connectivity index (χ1) is 12.5. The Morgan fingerprint density at radius 1 is 0.808 bits per heavy atom. The van der Waals surface area contributed by atoms with Crippen molar-refractivity contribution in [3.05, 3.63) is 66.0 Å². The van der Waals surface area contributed by atoms with Gasteiger partial charge in [0.05, 0.1) is 0 Å². The highest BCUT2D eigenvalue weighted by Crippen LogP contribution is 2.22. The van der Waals surface area contributed by atoms with E-state index in [1.165, 1.54) is 24.4 Å². The monoisotopic (exact) mass is 347 g/mol. The maximum atomic E-state index is 11.2. The summed E-state index contributed by atoms with van der Waals surface area (Å²) in [6, 6.07) is 15.5. The SMILES string of the molecule is CC(=O)Nc1cccc(Nc2cc(Nc3ccc(C)c(C)c3)ncn2)c1. The number of aryl methyl sites for hydroxylation is 2. The van der Waals surface area contributed by atoms with Crippen molar-refractivity contribution in [3.8, 4) is 0 Å². The fourth-order valence-electron chi connectivity index (χ4n) is 2.49. The lowest BCUT2D eigenvalue weighted by Gasteiger charge is -2.11. The second kappa shape index (κ2) is 7.65. The molecule has 2 aromatic carbocycles. The Labute approximate surface area is 152 Å². The van der Waals surface area contributed by atoms with Gasteiger partial charge in [-0.1, -0.05) is 12.1 Å². The van der Waals surface area contributed by atoms with Crippen LogP contribution in [0.3, 0.4) is 0 Å². The lowest BCUT2D eigenvalue weighted by atomic mass is 10.1. The summed E-state index contributed by atoms with van der Waals surface area (Å²) < 4.78 is 0. The van der Waals surface area contributed by atoms with Gasteiger partial charge in [0.15, 0.2) is 0 Å². The number of hydrogen-bond donors (Lipinski definition) is 3. The zero-order chi connectivity index (χ0) is 18.5. The highest BCUT2D eigenvalue weighted by molar-refractivity contribution is 5.89. The Hall–Kier alpha value is -3.41. The molecule has 0 aliphatic rings. The maximum Gasteiger partial charge on any atom is 0.221 e. The van der Waals surface area contributed by atoms with Gasteiger partial charge in [-0.15, -0.1) is 0 Å². The van der Waals surface area contributed by atoms with Crippen LogP contribution in [0.1, 0.15) is 18.1 Å². The van der Waals surface area contributed by atoms with Crippen LogP contribution in [-0.4, -0.2) is 15.9 Å². The van der Waals surface area contributed by atoms with Crippen LogP contribution >= 0.6 is 0 Å². The molecular formula is C20H21N5O. The summed E-state index contributed by atoms with van der Waals surface area (Å²) in [5, 5.41) is 9.27. The zero-order valence-electron chi connectivity index (χ0n) is 15.0. The molecule has 0 aliphatic heterocycles. The molecule has 0 atom stereocenters. The Balaban J connectivity index is 1.75. The van der Waals surface area contributed by atoms with Crippen LogP contribution < -0.4 is 16.0 Å². The molecule has 0 bridgehead atoms. The molecule has 1 amide bonds. The Kier molecular flexibility index (Phi) is 5.12. The van der Waals surface area contributed by atoms with Gasteiger partial charge in [-0.25, -0.2) is 9.97 Å². The van der Waals surface area contributed by atoms with Crippen LogP contribution in [0.5, 0.6) is 0 Å². The van der Waals surface area contributed by atoms with E-state index >= 15 is 0 Å². The fraction of sp³-hybridized carbons (Fsp3) is 0.150. The van der Waals surface area contributed by atoms with Crippen molar-refractivity contribution in [2.75, 3.05) is 16.0 Å². The number of hydrogen-bond acceptors (Lipinski definition) is 5. The number of benzene rings is 2. The standard InChI is InChI=1S/C20H21N5O/c1-13-7-8-18(9-14(13)2)25-20-11-19(21-12-22-20)24-17-6-4-5-16(10-17)23-15(3)26/h4-12H,1-3H3,(H,23,26)(H2,21,22,24,25). The Morgan fingerprint density at radius 2 is 1.46 bits per heavy atom. The number of anilines is 5. The van der Waals surface area contributed by atoms with Crippen LogP contribution in [0.15, 0.2) is 54.9 Å². The van der Waals surface area contributed by atoms with E-state index < -0.39 is 0 Å². The quantitative estimate of drug-likeness (QED) is 0.631. The van der Waals surface area contributed by atoms with Crippen LogP contribution in [0.2, 0.25) is 0 Å². The summed E-state index contributed by atoms with van der Waals surface area (Å²) in [6.07, 6.45) is 1.50. The minimum Gasteiger partial charge on any atom is -0.340 e. The molecule has 0 saturated carbocycles. The zero-order valence-corrected chi connectivity index (χ0v) is 15.0. The van der Waals surface area contributed by atoms with E-state index in [1.807, 2.05) is 36.4 Å². The molecule has 6 nitrogen and oxygen atoms in total. The summed E-state index contributed by atoms with van der Waals surface area (Å²) >= 11 is 0. The third-order valence-electron chi connectivity index (χ3n) is 3.90. The first-order valence-electron chi connectivity index (χ1n) is 8.30. The van der Waals surface area contributed by atoms with Gasteiger partial charge in [-0.2, -0.15) is 0 Å². The van der Waals surface area contributed by atoms with Crippen molar-refractivity contribution < 1.29 is 4.79 Å². The van der Waals surface area contributed by atoms with Gasteiger partial charge < -0.3 is 16.0 Å². The molecule has 0 radical (unpaired) electrons. The second-order valence-corrected chi connectivity index (χ2v) is 6.10. The number of nitrogens with one attached hydrogen (secondary N) is 3. The molecule has 26 heavy (non-hydrogen) atoms. The van der Waals surface area contributed by atoms with Crippen molar-refractivity contribution in [2.45, 2.75) is 20.8 Å². The van der Waals surface area contributed by atoms with Gasteiger partial charge in [-0.3, -0.25) is 4.79 Å². The van der Waals surface area contributed by atoms with E-state index in [1.54, 1.807) is 0 Å². The number of nitrogens with zero attached hydrogens (tertiary/aromatic N) is 2. The van der Waals surface area contributed by atoms with Gasteiger partial charge in [0, 0.05) is 30.1 Å². The van der Waals surface area contributed by atoms with E-state index in [4.69, 9.17) is 0 Å². The molecule has 0 aliphatic carbocycles. The predicted octanol–water partition coefficient (Wildman–Crippen LogP) is 4.54. The lowest BCUT2D eigenvalue weighted by Crippen LogP contribution is -2.06. The first-order valence-corrected chi connectivity index (χ1v) is 8.30. The van der Waals surface area contributed by atoms with E-state index in [0.29, 0.717) is 11.6 Å². The van der Waals surface area contributed by atoms with Crippen LogP contribution in [0.25, 0.3) is 0 Å². The van der Waals surface area contributed by atoms with E-state index in [-0.39, 0.29) is 5.91 Å². The average Bonchev–Trinajstić information content (AvgIpc) is 2.58. The van der Waals surface area contributed by atoms with Gasteiger partial charge >= 0.3 is 0 Å². The fourth-order valence-corrected chi connectivity index (χ4v) is 2.49. The molecule has 0 fully saturated rings. The average molecular weight is 347 g/mol. The molecule has 3 N–H and O–H groups in total. The molecule has 0 saturated heterocycles. The van der Waals surface area contributed by atoms with Crippen LogP contribution in [-0.2, 0) is 4.79 Å². The topological polar surface area (TPSA) is 78.9 Å². The molecule has 1 heterocycles. The van der Waals surface area contributed by atoms with Crippen molar-refractivity contribution in [3.63, 3.8) is 0 Å². The summed E-state index contributed by atoms with van der Waals surface area (Å²) in [5.74, 6) is 1.25. The predicted molar refractivity (Wildman–Crippen MR) is 105 cm³/mol. The third-order valence-corrected chi connectivity index (χ3v) is 3.90. The largest absolute Gasteiger partial charge is 0.340 e. The first kappa shape index (κ1) is 17.4. The van der Waals surface area contributed by atoms with E-state index in [0.717, 1.165) is 17.1 Å². The smallest absolute Gasteiger partial charge is 0.221 e. The minimum atomic E-state index is -0.107. The van der Waals surface area contributed by atoms with Gasteiger partial charge in [0.1, 0.15) is 18.0 Å². The number of rotatable bonds is 5. The highest BCUT2D eigenvalue weighted by atomic mass is 16.1. The molecule has 132 valence electrons. The van der Waals surface area contributed by atoms with Gasteiger partial charge in [-0.05, 0) is 55.3 Å². The van der Waals surface area contributed by atoms with Crippen LogP contribution in [0, 0.1) is 13.8 Å². The van der Waals surface area contributed by atoms with Crippen LogP contribution in [0.4, 0.5) is 28.7 Å². The molecule has 3 rings (SSSR count). The maximum absolute atomic E-state index is 11.2. The second-order valence-electron chi connectivity index (χ2n) is 6.10. The Bertz CT molecular complexity index is 939. The van der Waals surface area contributed by atoms with Gasteiger partial charge in [0.2, 0.25) is 5.91 Å². The number of aromatic nitrogens is 2. The minimum absolute atomic E-state index is 0.107. The molecular weight excluding hydrogens is 326 g/mol. The summed E-state index contributed by atoms with van der Waals surface area (Å²) in [5.41, 5.74) is 5.00. The van der Waals surface area contributed by atoms with Gasteiger partial charge in [0.25, 0.3) is 0 Å². The molecule has 3 aromatic rings. The highest BCUT2D eigenvalue weighted by Gasteiger charge is 2.03. The number of carbonyl (C=O) groups is 1. The molecule has 6 heteroatoms. The van der Waals surface area contributed by atoms with Crippen molar-refractivity contribution in [2.24, 2.45) is 0 Å².